The molecule has 0 atom stereocenters. The summed E-state index contributed by atoms with van der Waals surface area (Å²) < 4.78 is 11.0. The molecule has 0 saturated carbocycles. The fraction of sp³-hybridized carbons (Fsp3) is 0.150. The Hall–Kier alpha value is -3.44. The number of fused-ring (bicyclic) bond motifs is 1. The van der Waals surface area contributed by atoms with Gasteiger partial charge >= 0.3 is 0 Å². The molecule has 0 aromatic heterocycles. The van der Waals surface area contributed by atoms with Crippen LogP contribution in [0.2, 0.25) is 0 Å². The van der Waals surface area contributed by atoms with Gasteiger partial charge in [0.05, 0.1) is 9.83 Å². The fourth-order valence-corrected chi connectivity index (χ4v) is 4.27. The normalized spacial score (nSPS) is 16.1. The maximum absolute atomic E-state index is 12.7. The van der Waals surface area contributed by atoms with Gasteiger partial charge in [0.1, 0.15) is 4.32 Å². The number of hydrogen-bond acceptors (Lipinski definition) is 8. The third-order valence-electron chi connectivity index (χ3n) is 4.53. The zero-order valence-corrected chi connectivity index (χ0v) is 17.5. The number of carbonyl (C=O) groups is 2. The second-order valence-corrected chi connectivity index (χ2v) is 8.18. The Balaban J connectivity index is 1.35. The molecule has 2 amide bonds. The molecule has 2 aliphatic heterocycles. The lowest BCUT2D eigenvalue weighted by Crippen LogP contribution is -2.37. The van der Waals surface area contributed by atoms with Crippen molar-refractivity contribution < 1.29 is 24.0 Å². The molecule has 4 rings (SSSR count). The van der Waals surface area contributed by atoms with Crippen LogP contribution in [0.3, 0.4) is 0 Å². The summed E-state index contributed by atoms with van der Waals surface area (Å²) in [6.45, 7) is 0.563. The van der Waals surface area contributed by atoms with Crippen molar-refractivity contribution in [3.8, 4) is 11.5 Å². The smallest absolute Gasteiger partial charge is 0.269 e. The van der Waals surface area contributed by atoms with Crippen molar-refractivity contribution >= 4 is 51.9 Å². The van der Waals surface area contributed by atoms with Gasteiger partial charge in [-0.05, 0) is 35.9 Å². The standard InChI is InChI=1S/C20H15N3O6S2/c24-18(13-2-4-14(5-3-13)23(26)27)21-7-8-22-19(25)17(31-20(22)30)10-12-1-6-15-16(9-12)29-11-28-15/h1-6,9-10H,7-8,11H2,(H,21,24)/b17-10+. The molecule has 1 saturated heterocycles. The third kappa shape index (κ3) is 4.52. The predicted molar refractivity (Wildman–Crippen MR) is 118 cm³/mol. The highest BCUT2D eigenvalue weighted by atomic mass is 32.2. The summed E-state index contributed by atoms with van der Waals surface area (Å²) in [5.74, 6) is 0.653. The van der Waals surface area contributed by atoms with Gasteiger partial charge in [0.15, 0.2) is 11.5 Å². The van der Waals surface area contributed by atoms with Crippen LogP contribution < -0.4 is 14.8 Å². The topological polar surface area (TPSA) is 111 Å². The summed E-state index contributed by atoms with van der Waals surface area (Å²) in [5.41, 5.74) is 0.985. The van der Waals surface area contributed by atoms with Crippen molar-refractivity contribution in [2.24, 2.45) is 0 Å². The average molecular weight is 457 g/mol. The van der Waals surface area contributed by atoms with Gasteiger partial charge in [-0.1, -0.05) is 30.0 Å². The van der Waals surface area contributed by atoms with E-state index in [-0.39, 0.29) is 31.5 Å². The van der Waals surface area contributed by atoms with Gasteiger partial charge in [0, 0.05) is 30.8 Å². The molecular formula is C20H15N3O6S2. The first kappa shape index (κ1) is 20.8. The Morgan fingerprint density at radius 3 is 2.71 bits per heavy atom. The zero-order chi connectivity index (χ0) is 22.0. The third-order valence-corrected chi connectivity index (χ3v) is 5.91. The summed E-state index contributed by atoms with van der Waals surface area (Å²) in [6.07, 6.45) is 1.73. The minimum Gasteiger partial charge on any atom is -0.454 e. The van der Waals surface area contributed by atoms with E-state index in [2.05, 4.69) is 5.32 Å². The number of nitro benzene ring substituents is 1. The number of nitrogens with one attached hydrogen (secondary N) is 1. The molecule has 0 unspecified atom stereocenters. The average Bonchev–Trinajstić information content (AvgIpc) is 3.33. The molecule has 2 aromatic carbocycles. The van der Waals surface area contributed by atoms with Gasteiger partial charge in [-0.15, -0.1) is 0 Å². The number of thiocarbonyl (C=S) groups is 1. The molecule has 0 aliphatic carbocycles. The first-order chi connectivity index (χ1) is 14.9. The summed E-state index contributed by atoms with van der Waals surface area (Å²) in [4.78, 5) is 37.0. The minimum atomic E-state index is -0.534. The van der Waals surface area contributed by atoms with Crippen LogP contribution in [-0.2, 0) is 4.79 Å². The Bertz CT molecular complexity index is 1120. The van der Waals surface area contributed by atoms with Crippen LogP contribution in [0, 0.1) is 10.1 Å². The van der Waals surface area contributed by atoms with E-state index in [1.807, 2.05) is 6.07 Å². The first-order valence-electron chi connectivity index (χ1n) is 9.10. The van der Waals surface area contributed by atoms with E-state index < -0.39 is 10.8 Å². The van der Waals surface area contributed by atoms with Gasteiger partial charge in [0.25, 0.3) is 17.5 Å². The second kappa shape index (κ2) is 8.74. The maximum Gasteiger partial charge on any atom is 0.269 e. The molecule has 9 nitrogen and oxygen atoms in total. The lowest BCUT2D eigenvalue weighted by Gasteiger charge is -2.14. The van der Waals surface area contributed by atoms with Gasteiger partial charge in [-0.2, -0.15) is 0 Å². The number of thioether (sulfide) groups is 1. The number of ether oxygens (including phenoxy) is 2. The Kier molecular flexibility index (Phi) is 5.87. The number of hydrogen-bond donors (Lipinski definition) is 1. The van der Waals surface area contributed by atoms with Crippen LogP contribution in [0.15, 0.2) is 47.4 Å². The summed E-state index contributed by atoms with van der Waals surface area (Å²) in [7, 11) is 0. The van der Waals surface area contributed by atoms with Crippen molar-refractivity contribution in [3.05, 3.63) is 68.6 Å². The molecule has 1 fully saturated rings. The van der Waals surface area contributed by atoms with Crippen molar-refractivity contribution in [1.82, 2.24) is 10.2 Å². The minimum absolute atomic E-state index is 0.0941. The SMILES string of the molecule is O=C(NCCN1C(=O)/C(=C\c2ccc3c(c2)OCO3)SC1=S)c1ccc([N+](=O)[O-])cc1. The van der Waals surface area contributed by atoms with Crippen molar-refractivity contribution in [3.63, 3.8) is 0 Å². The largest absolute Gasteiger partial charge is 0.454 e. The summed E-state index contributed by atoms with van der Waals surface area (Å²) >= 11 is 6.50. The van der Waals surface area contributed by atoms with Crippen molar-refractivity contribution in [2.45, 2.75) is 0 Å². The highest BCUT2D eigenvalue weighted by Crippen LogP contribution is 2.36. The lowest BCUT2D eigenvalue weighted by molar-refractivity contribution is -0.384. The highest BCUT2D eigenvalue weighted by molar-refractivity contribution is 8.26. The van der Waals surface area contributed by atoms with E-state index in [4.69, 9.17) is 21.7 Å². The molecule has 0 spiro atoms. The molecule has 2 heterocycles. The number of rotatable bonds is 6. The summed E-state index contributed by atoms with van der Waals surface area (Å²) in [6, 6.07) is 10.7. The van der Waals surface area contributed by atoms with Crippen LogP contribution in [0.25, 0.3) is 6.08 Å². The van der Waals surface area contributed by atoms with Crippen LogP contribution in [0.4, 0.5) is 5.69 Å². The van der Waals surface area contributed by atoms with E-state index >= 15 is 0 Å². The van der Waals surface area contributed by atoms with Gasteiger partial charge < -0.3 is 14.8 Å². The van der Waals surface area contributed by atoms with Gasteiger partial charge in [0.2, 0.25) is 6.79 Å². The zero-order valence-electron chi connectivity index (χ0n) is 15.9. The molecule has 2 aliphatic rings. The van der Waals surface area contributed by atoms with Gasteiger partial charge in [-0.3, -0.25) is 24.6 Å². The molecular weight excluding hydrogens is 442 g/mol. The Labute approximate surface area is 186 Å². The number of nitrogens with zero attached hydrogens (tertiary/aromatic N) is 2. The molecule has 1 N–H and O–H groups in total. The predicted octanol–water partition coefficient (Wildman–Crippen LogP) is 2.95. The molecule has 158 valence electrons. The summed E-state index contributed by atoms with van der Waals surface area (Å²) in [5, 5.41) is 13.4. The monoisotopic (exact) mass is 457 g/mol. The number of nitro groups is 1. The first-order valence-corrected chi connectivity index (χ1v) is 10.3. The Morgan fingerprint density at radius 2 is 1.97 bits per heavy atom. The van der Waals surface area contributed by atoms with Crippen LogP contribution in [-0.4, -0.2) is 45.8 Å². The highest BCUT2D eigenvalue weighted by Gasteiger charge is 2.31. The lowest BCUT2D eigenvalue weighted by atomic mass is 10.2. The van der Waals surface area contributed by atoms with E-state index in [1.54, 1.807) is 18.2 Å². The quantitative estimate of drug-likeness (QED) is 0.305. The molecule has 2 aromatic rings. The van der Waals surface area contributed by atoms with Crippen molar-refractivity contribution in [2.75, 3.05) is 19.9 Å². The number of non-ortho nitro benzene ring substituents is 1. The Morgan fingerprint density at radius 1 is 1.23 bits per heavy atom. The van der Waals surface area contributed by atoms with E-state index in [0.717, 1.165) is 5.56 Å². The maximum atomic E-state index is 12.7. The van der Waals surface area contributed by atoms with Crippen LogP contribution in [0.5, 0.6) is 11.5 Å². The molecule has 11 heteroatoms. The van der Waals surface area contributed by atoms with Crippen LogP contribution >= 0.6 is 24.0 Å². The number of amides is 2. The van der Waals surface area contributed by atoms with Crippen molar-refractivity contribution in [1.29, 1.82) is 0 Å². The van der Waals surface area contributed by atoms with E-state index in [1.165, 1.54) is 40.9 Å². The van der Waals surface area contributed by atoms with Gasteiger partial charge in [-0.25, -0.2) is 0 Å². The van der Waals surface area contributed by atoms with Crippen LogP contribution in [0.1, 0.15) is 15.9 Å². The molecule has 0 radical (unpaired) electrons. The molecule has 0 bridgehead atoms. The van der Waals surface area contributed by atoms with E-state index in [0.29, 0.717) is 26.3 Å². The van der Waals surface area contributed by atoms with E-state index in [9.17, 15) is 19.7 Å². The fourth-order valence-electron chi connectivity index (χ4n) is 2.96. The number of carbonyl (C=O) groups excluding carboxylic acids is 2. The second-order valence-electron chi connectivity index (χ2n) is 6.51. The number of benzene rings is 2. The molecule has 31 heavy (non-hydrogen) atoms.